The summed E-state index contributed by atoms with van der Waals surface area (Å²) in [6, 6.07) is 2.15. The summed E-state index contributed by atoms with van der Waals surface area (Å²) in [6.07, 6.45) is 4.64. The number of piperidine rings is 1. The number of nitriles is 1. The van der Waals surface area contributed by atoms with Crippen LogP contribution in [0.1, 0.15) is 32.1 Å². The molecule has 0 amide bonds. The summed E-state index contributed by atoms with van der Waals surface area (Å²) in [4.78, 5) is 13.7. The second-order valence-corrected chi connectivity index (χ2v) is 4.28. The van der Waals surface area contributed by atoms with Crippen molar-refractivity contribution < 1.29 is 9.53 Å². The van der Waals surface area contributed by atoms with Gasteiger partial charge in [0, 0.05) is 13.0 Å². The van der Waals surface area contributed by atoms with Gasteiger partial charge in [-0.1, -0.05) is 0 Å². The Balaban J connectivity index is 2.23. The fourth-order valence-electron chi connectivity index (χ4n) is 2.16. The van der Waals surface area contributed by atoms with Crippen molar-refractivity contribution in [2.24, 2.45) is 5.92 Å². The van der Waals surface area contributed by atoms with Gasteiger partial charge in [0.25, 0.3) is 0 Å². The molecule has 1 fully saturated rings. The third-order valence-electron chi connectivity index (χ3n) is 3.05. The molecule has 0 aromatic rings. The van der Waals surface area contributed by atoms with E-state index in [2.05, 4.69) is 11.0 Å². The predicted octanol–water partition coefficient (Wildman–Crippen LogP) is 1.57. The van der Waals surface area contributed by atoms with Gasteiger partial charge < -0.3 is 9.64 Å². The smallest absolute Gasteiger partial charge is 0.309 e. The molecule has 1 rings (SSSR count). The Hall–Kier alpha value is -1.08. The average molecular weight is 224 g/mol. The van der Waals surface area contributed by atoms with Crippen LogP contribution >= 0.6 is 0 Å². The lowest BCUT2D eigenvalue weighted by atomic mass is 9.98. The van der Waals surface area contributed by atoms with Gasteiger partial charge in [0.2, 0.25) is 0 Å². The van der Waals surface area contributed by atoms with Gasteiger partial charge in [-0.25, -0.2) is 0 Å². The van der Waals surface area contributed by atoms with E-state index in [9.17, 15) is 4.79 Å². The molecule has 0 spiro atoms. The summed E-state index contributed by atoms with van der Waals surface area (Å²) in [5, 5.41) is 8.43. The molecule has 0 aromatic heterocycles. The van der Waals surface area contributed by atoms with Crippen molar-refractivity contribution in [2.75, 3.05) is 26.7 Å². The van der Waals surface area contributed by atoms with Gasteiger partial charge in [-0.05, 0) is 38.8 Å². The molecule has 1 saturated heterocycles. The van der Waals surface area contributed by atoms with Gasteiger partial charge in [-0.3, -0.25) is 4.79 Å². The van der Waals surface area contributed by atoms with Gasteiger partial charge in [-0.15, -0.1) is 0 Å². The monoisotopic (exact) mass is 224 g/mol. The molecule has 0 aliphatic carbocycles. The standard InChI is InChI=1S/C12H20N2O2/c1-16-12(15)11-6-5-9-14(10-11)8-4-2-3-7-13/h11H,2-6,8-10H2,1H3/t11-/m0/s1. The predicted molar refractivity (Wildman–Crippen MR) is 60.6 cm³/mol. The van der Waals surface area contributed by atoms with Crippen LogP contribution < -0.4 is 0 Å². The Morgan fingerprint density at radius 3 is 3.06 bits per heavy atom. The second-order valence-electron chi connectivity index (χ2n) is 4.28. The number of rotatable bonds is 5. The fraction of sp³-hybridized carbons (Fsp3) is 0.833. The Morgan fingerprint density at radius 2 is 2.38 bits per heavy atom. The molecule has 1 heterocycles. The van der Waals surface area contributed by atoms with Gasteiger partial charge in [0.15, 0.2) is 0 Å². The van der Waals surface area contributed by atoms with E-state index in [4.69, 9.17) is 10.00 Å². The summed E-state index contributed by atoms with van der Waals surface area (Å²) >= 11 is 0. The third kappa shape index (κ3) is 4.19. The lowest BCUT2D eigenvalue weighted by molar-refractivity contribution is -0.147. The van der Waals surface area contributed by atoms with Crippen LogP contribution in [0.5, 0.6) is 0 Å². The molecule has 4 nitrogen and oxygen atoms in total. The average Bonchev–Trinajstić information content (AvgIpc) is 2.34. The van der Waals surface area contributed by atoms with Crippen molar-refractivity contribution in [2.45, 2.75) is 32.1 Å². The van der Waals surface area contributed by atoms with Gasteiger partial charge in [0.1, 0.15) is 0 Å². The van der Waals surface area contributed by atoms with E-state index in [1.807, 2.05) is 0 Å². The van der Waals surface area contributed by atoms with Crippen molar-refractivity contribution in [3.8, 4) is 6.07 Å². The van der Waals surface area contributed by atoms with Gasteiger partial charge >= 0.3 is 5.97 Å². The minimum absolute atomic E-state index is 0.0507. The second kappa shape index (κ2) is 7.24. The molecule has 4 heteroatoms. The number of methoxy groups -OCH3 is 1. The number of carbonyl (C=O) groups is 1. The molecule has 1 atom stereocenters. The normalized spacial score (nSPS) is 21.4. The van der Waals surface area contributed by atoms with Crippen molar-refractivity contribution >= 4 is 5.97 Å². The summed E-state index contributed by atoms with van der Waals surface area (Å²) in [5.41, 5.74) is 0. The van der Waals surface area contributed by atoms with E-state index in [1.54, 1.807) is 0 Å². The summed E-state index contributed by atoms with van der Waals surface area (Å²) < 4.78 is 4.77. The van der Waals surface area contributed by atoms with E-state index < -0.39 is 0 Å². The molecule has 0 N–H and O–H groups in total. The van der Waals surface area contributed by atoms with Crippen LogP contribution in [0.2, 0.25) is 0 Å². The van der Waals surface area contributed by atoms with E-state index >= 15 is 0 Å². The maximum absolute atomic E-state index is 11.4. The first-order chi connectivity index (χ1) is 7.77. The van der Waals surface area contributed by atoms with Gasteiger partial charge in [-0.2, -0.15) is 5.26 Å². The molecule has 1 aliphatic rings. The highest BCUT2D eigenvalue weighted by Gasteiger charge is 2.25. The maximum Gasteiger partial charge on any atom is 0.309 e. The Kier molecular flexibility index (Phi) is 5.87. The minimum atomic E-state index is -0.0817. The number of nitrogens with zero attached hydrogens (tertiary/aromatic N) is 2. The number of hydrogen-bond donors (Lipinski definition) is 0. The van der Waals surface area contributed by atoms with Crippen LogP contribution in [0.25, 0.3) is 0 Å². The zero-order valence-electron chi connectivity index (χ0n) is 9.95. The number of likely N-dealkylation sites (tertiary alicyclic amines) is 1. The van der Waals surface area contributed by atoms with Crippen LogP contribution in [0.4, 0.5) is 0 Å². The molecule has 90 valence electrons. The molecule has 1 aliphatic heterocycles. The van der Waals surface area contributed by atoms with Gasteiger partial charge in [0.05, 0.1) is 19.1 Å². The first kappa shape index (κ1) is 13.0. The van der Waals surface area contributed by atoms with Crippen LogP contribution in [-0.4, -0.2) is 37.6 Å². The number of hydrogen-bond acceptors (Lipinski definition) is 4. The molecule has 0 saturated carbocycles. The van der Waals surface area contributed by atoms with E-state index in [0.29, 0.717) is 6.42 Å². The van der Waals surface area contributed by atoms with Crippen molar-refractivity contribution in [3.63, 3.8) is 0 Å². The minimum Gasteiger partial charge on any atom is -0.469 e. The first-order valence-corrected chi connectivity index (χ1v) is 5.95. The van der Waals surface area contributed by atoms with Crippen molar-refractivity contribution in [1.82, 2.24) is 4.90 Å². The number of esters is 1. The van der Waals surface area contributed by atoms with E-state index in [0.717, 1.165) is 45.3 Å². The highest BCUT2D eigenvalue weighted by atomic mass is 16.5. The Labute approximate surface area is 97.2 Å². The quantitative estimate of drug-likeness (QED) is 0.525. The van der Waals surface area contributed by atoms with Crippen LogP contribution in [0.3, 0.4) is 0 Å². The van der Waals surface area contributed by atoms with Crippen LogP contribution in [0, 0.1) is 17.2 Å². The highest BCUT2D eigenvalue weighted by Crippen LogP contribution is 2.18. The molecular formula is C12H20N2O2. The number of unbranched alkanes of at least 4 members (excludes halogenated alkanes) is 2. The highest BCUT2D eigenvalue weighted by molar-refractivity contribution is 5.72. The number of ether oxygens (including phenoxy) is 1. The van der Waals surface area contributed by atoms with E-state index in [-0.39, 0.29) is 11.9 Å². The molecule has 0 unspecified atom stereocenters. The fourth-order valence-corrected chi connectivity index (χ4v) is 2.16. The largest absolute Gasteiger partial charge is 0.469 e. The maximum atomic E-state index is 11.4. The third-order valence-corrected chi connectivity index (χ3v) is 3.05. The zero-order valence-corrected chi connectivity index (χ0v) is 9.95. The Morgan fingerprint density at radius 1 is 1.56 bits per heavy atom. The number of carbonyl (C=O) groups excluding carboxylic acids is 1. The van der Waals surface area contributed by atoms with Crippen LogP contribution in [-0.2, 0) is 9.53 Å². The molecule has 0 bridgehead atoms. The molecule has 0 radical (unpaired) electrons. The lowest BCUT2D eigenvalue weighted by Crippen LogP contribution is -2.39. The molecule has 0 aromatic carbocycles. The SMILES string of the molecule is COC(=O)[C@H]1CCCN(CCCCC#N)C1. The molecule has 16 heavy (non-hydrogen) atoms. The summed E-state index contributed by atoms with van der Waals surface area (Å²) in [7, 11) is 1.45. The topological polar surface area (TPSA) is 53.3 Å². The Bertz CT molecular complexity index is 260. The van der Waals surface area contributed by atoms with Crippen LogP contribution in [0.15, 0.2) is 0 Å². The van der Waals surface area contributed by atoms with Crippen molar-refractivity contribution in [1.29, 1.82) is 5.26 Å². The first-order valence-electron chi connectivity index (χ1n) is 5.95. The van der Waals surface area contributed by atoms with Crippen molar-refractivity contribution in [3.05, 3.63) is 0 Å². The van der Waals surface area contributed by atoms with E-state index in [1.165, 1.54) is 7.11 Å². The summed E-state index contributed by atoms with van der Waals surface area (Å²) in [5.74, 6) is -0.0311. The lowest BCUT2D eigenvalue weighted by Gasteiger charge is -2.31. The zero-order chi connectivity index (χ0) is 11.8. The summed E-state index contributed by atoms with van der Waals surface area (Å²) in [6.45, 7) is 2.88. The molecular weight excluding hydrogens is 204 g/mol.